The first kappa shape index (κ1) is 17.9. The molecule has 2 aromatic heterocycles. The molecule has 2 aliphatic rings. The molecule has 3 aromatic rings. The van der Waals surface area contributed by atoms with Crippen LogP contribution in [0.5, 0.6) is 11.5 Å². The van der Waals surface area contributed by atoms with Gasteiger partial charge in [-0.15, -0.1) is 11.3 Å². The number of aromatic nitrogens is 3. The number of fused-ring (bicyclic) bond motifs is 1. The van der Waals surface area contributed by atoms with Gasteiger partial charge >= 0.3 is 0 Å². The van der Waals surface area contributed by atoms with Crippen LogP contribution < -0.4 is 14.8 Å². The van der Waals surface area contributed by atoms with E-state index in [1.54, 1.807) is 30.2 Å². The SMILES string of the molecule is COc1ccc([C@H]2CC(=O)C3=C(C2)Nc2ncnn2[C@@H]3c2cccs2)cc1OC. The zero-order chi connectivity index (χ0) is 20.0. The Bertz CT molecular complexity index is 1100. The largest absolute Gasteiger partial charge is 0.493 e. The second-order valence-electron chi connectivity index (χ2n) is 7.11. The van der Waals surface area contributed by atoms with Crippen molar-refractivity contribution in [2.75, 3.05) is 19.5 Å². The van der Waals surface area contributed by atoms with Crippen molar-refractivity contribution in [1.29, 1.82) is 0 Å². The molecule has 2 atom stereocenters. The summed E-state index contributed by atoms with van der Waals surface area (Å²) in [5.74, 6) is 2.22. The standard InChI is InChI=1S/C21H20N4O3S/c1-27-16-6-5-12(10-17(16)28-2)13-8-14-19(15(26)9-13)20(18-4-3-7-29-18)25-21(24-14)22-11-23-25/h3-7,10-11,13,20H,8-9H2,1-2H3,(H,22,23,24)/t13-,20-/m1/s1. The molecule has 1 aromatic carbocycles. The number of hydrogen-bond acceptors (Lipinski definition) is 7. The lowest BCUT2D eigenvalue weighted by atomic mass is 9.79. The maximum Gasteiger partial charge on any atom is 0.226 e. The minimum absolute atomic E-state index is 0.0620. The number of hydrogen-bond donors (Lipinski definition) is 1. The Morgan fingerprint density at radius 2 is 2.03 bits per heavy atom. The summed E-state index contributed by atoms with van der Waals surface area (Å²) in [6.07, 6.45) is 2.70. The third-order valence-corrected chi connectivity index (χ3v) is 6.48. The monoisotopic (exact) mass is 408 g/mol. The van der Waals surface area contributed by atoms with Crippen LogP contribution in [0.25, 0.3) is 0 Å². The second-order valence-corrected chi connectivity index (χ2v) is 8.09. The second kappa shape index (κ2) is 7.04. The molecule has 29 heavy (non-hydrogen) atoms. The van der Waals surface area contributed by atoms with E-state index in [2.05, 4.69) is 15.4 Å². The maximum atomic E-state index is 13.3. The van der Waals surface area contributed by atoms with E-state index in [4.69, 9.17) is 9.47 Å². The van der Waals surface area contributed by atoms with Gasteiger partial charge in [0.05, 0.1) is 14.2 Å². The summed E-state index contributed by atoms with van der Waals surface area (Å²) in [4.78, 5) is 18.7. The summed E-state index contributed by atoms with van der Waals surface area (Å²) in [6.45, 7) is 0. The van der Waals surface area contributed by atoms with Crippen LogP contribution in [-0.4, -0.2) is 34.8 Å². The molecule has 0 amide bonds. The Morgan fingerprint density at radius 1 is 1.17 bits per heavy atom. The van der Waals surface area contributed by atoms with Crippen LogP contribution in [-0.2, 0) is 4.79 Å². The fourth-order valence-electron chi connectivity index (χ4n) is 4.20. The molecule has 0 fully saturated rings. The van der Waals surface area contributed by atoms with Gasteiger partial charge in [0.2, 0.25) is 5.95 Å². The van der Waals surface area contributed by atoms with Crippen LogP contribution >= 0.6 is 11.3 Å². The predicted octanol–water partition coefficient (Wildman–Crippen LogP) is 3.77. The lowest BCUT2D eigenvalue weighted by Crippen LogP contribution is -2.33. The van der Waals surface area contributed by atoms with E-state index in [1.165, 1.54) is 6.33 Å². The molecule has 3 heterocycles. The number of Topliss-reactive ketones (excluding diaryl/α,β-unsaturated/α-hetero) is 1. The van der Waals surface area contributed by atoms with E-state index >= 15 is 0 Å². The van der Waals surface area contributed by atoms with Crippen molar-refractivity contribution in [1.82, 2.24) is 14.8 Å². The molecule has 5 rings (SSSR count). The average molecular weight is 408 g/mol. The Morgan fingerprint density at radius 3 is 2.79 bits per heavy atom. The van der Waals surface area contributed by atoms with Gasteiger partial charge in [0.25, 0.3) is 0 Å². The Balaban J connectivity index is 1.54. The molecular weight excluding hydrogens is 388 g/mol. The van der Waals surface area contributed by atoms with Crippen LogP contribution in [0.1, 0.15) is 35.2 Å². The van der Waals surface area contributed by atoms with Crippen molar-refractivity contribution >= 4 is 23.1 Å². The molecule has 0 unspecified atom stereocenters. The molecule has 1 aliphatic heterocycles. The number of ketones is 1. The van der Waals surface area contributed by atoms with Crippen molar-refractivity contribution in [3.05, 3.63) is 63.7 Å². The Kier molecular flexibility index (Phi) is 4.35. The smallest absolute Gasteiger partial charge is 0.226 e. The van der Waals surface area contributed by atoms with E-state index in [9.17, 15) is 4.79 Å². The van der Waals surface area contributed by atoms with Gasteiger partial charge in [0.1, 0.15) is 12.4 Å². The number of carbonyl (C=O) groups is 1. The molecule has 8 heteroatoms. The molecule has 0 radical (unpaired) electrons. The highest BCUT2D eigenvalue weighted by Crippen LogP contribution is 2.45. The van der Waals surface area contributed by atoms with Crippen LogP contribution in [0.15, 0.2) is 53.3 Å². The number of allylic oxidation sites excluding steroid dienone is 2. The molecule has 0 bridgehead atoms. The van der Waals surface area contributed by atoms with E-state index in [0.717, 1.165) is 28.1 Å². The lowest BCUT2D eigenvalue weighted by Gasteiger charge is -2.34. The fraction of sp³-hybridized carbons (Fsp3) is 0.286. The molecular formula is C21H20N4O3S. The van der Waals surface area contributed by atoms with Crippen LogP contribution in [0.4, 0.5) is 5.95 Å². The van der Waals surface area contributed by atoms with Crippen molar-refractivity contribution in [2.45, 2.75) is 24.8 Å². The third-order valence-electron chi connectivity index (χ3n) is 5.55. The van der Waals surface area contributed by atoms with Crippen LogP contribution in [0.3, 0.4) is 0 Å². The summed E-state index contributed by atoms with van der Waals surface area (Å²) in [5.41, 5.74) is 2.78. The minimum atomic E-state index is -0.220. The summed E-state index contributed by atoms with van der Waals surface area (Å²) < 4.78 is 12.6. The zero-order valence-corrected chi connectivity index (χ0v) is 16.9. The highest BCUT2D eigenvalue weighted by Gasteiger charge is 2.39. The first-order valence-electron chi connectivity index (χ1n) is 9.37. The third kappa shape index (κ3) is 2.91. The Hall–Kier alpha value is -3.13. The predicted molar refractivity (Wildman–Crippen MR) is 110 cm³/mol. The van der Waals surface area contributed by atoms with Gasteiger partial charge < -0.3 is 14.8 Å². The van der Waals surface area contributed by atoms with Crippen molar-refractivity contribution in [3.63, 3.8) is 0 Å². The number of thiophene rings is 1. The number of benzene rings is 1. The van der Waals surface area contributed by atoms with Gasteiger partial charge in [0, 0.05) is 22.6 Å². The topological polar surface area (TPSA) is 78.3 Å². The van der Waals surface area contributed by atoms with E-state index in [-0.39, 0.29) is 17.7 Å². The molecule has 1 N–H and O–H groups in total. The average Bonchev–Trinajstić information content (AvgIpc) is 3.43. The van der Waals surface area contributed by atoms with Crippen molar-refractivity contribution in [2.24, 2.45) is 0 Å². The number of nitrogens with zero attached hydrogens (tertiary/aromatic N) is 3. The quantitative estimate of drug-likeness (QED) is 0.708. The minimum Gasteiger partial charge on any atom is -0.493 e. The number of ether oxygens (including phenoxy) is 2. The van der Waals surface area contributed by atoms with Gasteiger partial charge in [0.15, 0.2) is 17.3 Å². The first-order chi connectivity index (χ1) is 14.2. The highest BCUT2D eigenvalue weighted by atomic mass is 32.1. The van der Waals surface area contributed by atoms with Gasteiger partial charge in [-0.25, -0.2) is 4.68 Å². The summed E-state index contributed by atoms with van der Waals surface area (Å²) in [5, 5.41) is 9.74. The van der Waals surface area contributed by atoms with Gasteiger partial charge in [-0.05, 0) is 41.5 Å². The first-order valence-corrected chi connectivity index (χ1v) is 10.3. The lowest BCUT2D eigenvalue weighted by molar-refractivity contribution is -0.116. The molecule has 0 saturated heterocycles. The number of anilines is 1. The molecule has 7 nitrogen and oxygen atoms in total. The van der Waals surface area contributed by atoms with Crippen LogP contribution in [0.2, 0.25) is 0 Å². The summed E-state index contributed by atoms with van der Waals surface area (Å²) >= 11 is 1.63. The maximum absolute atomic E-state index is 13.3. The summed E-state index contributed by atoms with van der Waals surface area (Å²) in [6, 6.07) is 9.69. The molecule has 148 valence electrons. The Labute approximate surface area is 172 Å². The number of methoxy groups -OCH3 is 2. The van der Waals surface area contributed by atoms with E-state index < -0.39 is 0 Å². The fourth-order valence-corrected chi connectivity index (χ4v) is 5.02. The highest BCUT2D eigenvalue weighted by molar-refractivity contribution is 7.10. The normalized spacial score (nSPS) is 20.7. The van der Waals surface area contributed by atoms with Gasteiger partial charge in [-0.3, -0.25) is 4.79 Å². The van der Waals surface area contributed by atoms with Gasteiger partial charge in [-0.2, -0.15) is 10.1 Å². The van der Waals surface area contributed by atoms with Crippen molar-refractivity contribution < 1.29 is 14.3 Å². The van der Waals surface area contributed by atoms with Crippen LogP contribution in [0, 0.1) is 0 Å². The molecule has 1 aliphatic carbocycles. The van der Waals surface area contributed by atoms with E-state index in [1.807, 2.05) is 35.7 Å². The van der Waals surface area contributed by atoms with E-state index in [0.29, 0.717) is 23.9 Å². The summed E-state index contributed by atoms with van der Waals surface area (Å²) in [7, 11) is 3.24. The number of carbonyl (C=O) groups excluding carboxylic acids is 1. The number of rotatable bonds is 4. The molecule has 0 spiro atoms. The number of nitrogens with one attached hydrogen (secondary N) is 1. The zero-order valence-electron chi connectivity index (χ0n) is 16.1. The van der Waals surface area contributed by atoms with Crippen molar-refractivity contribution in [3.8, 4) is 11.5 Å². The molecule has 0 saturated carbocycles. The van der Waals surface area contributed by atoms with Gasteiger partial charge in [-0.1, -0.05) is 12.1 Å².